The number of ether oxygens (including phenoxy) is 2. The van der Waals surface area contributed by atoms with E-state index in [-0.39, 0.29) is 28.1 Å². The van der Waals surface area contributed by atoms with Crippen LogP contribution in [0.4, 0.5) is 14.5 Å². The lowest BCUT2D eigenvalue weighted by molar-refractivity contribution is -0.0499. The molecule has 94 valence electrons. The number of carbonyl (C=O) groups excluding carboxylic acids is 1. The van der Waals surface area contributed by atoms with Crippen molar-refractivity contribution in [3.05, 3.63) is 22.2 Å². The maximum atomic E-state index is 12.1. The summed E-state index contributed by atoms with van der Waals surface area (Å²) in [5.41, 5.74) is 5.56. The number of rotatable bonds is 4. The predicted octanol–water partition coefficient (Wildman–Crippen LogP) is 2.81. The number of halogens is 3. The van der Waals surface area contributed by atoms with Gasteiger partial charge in [-0.2, -0.15) is 8.78 Å². The summed E-state index contributed by atoms with van der Waals surface area (Å²) in [5, 5.41) is 0. The molecule has 0 aliphatic carbocycles. The van der Waals surface area contributed by atoms with Crippen LogP contribution in [0, 0.1) is 0 Å². The average molecular weight is 310 g/mol. The third kappa shape index (κ3) is 3.29. The highest BCUT2D eigenvalue weighted by Crippen LogP contribution is 2.35. The van der Waals surface area contributed by atoms with Crippen LogP contribution >= 0.6 is 15.9 Å². The number of anilines is 1. The van der Waals surface area contributed by atoms with Crippen molar-refractivity contribution in [2.24, 2.45) is 0 Å². The molecule has 1 aromatic carbocycles. The summed E-state index contributed by atoms with van der Waals surface area (Å²) >= 11 is 2.99. The van der Waals surface area contributed by atoms with Crippen LogP contribution in [0.2, 0.25) is 0 Å². The summed E-state index contributed by atoms with van der Waals surface area (Å²) < 4.78 is 33.3. The van der Waals surface area contributed by atoms with Gasteiger partial charge >= 0.3 is 12.6 Å². The minimum Gasteiger partial charge on any atom is -0.462 e. The van der Waals surface area contributed by atoms with Gasteiger partial charge in [-0.15, -0.1) is 0 Å². The number of carbonyl (C=O) groups is 1. The Morgan fingerprint density at radius 2 is 2.18 bits per heavy atom. The van der Waals surface area contributed by atoms with Gasteiger partial charge in [0.15, 0.2) is 5.75 Å². The monoisotopic (exact) mass is 309 g/mol. The first kappa shape index (κ1) is 13.7. The fraction of sp³-hybridized carbons (Fsp3) is 0.300. The van der Waals surface area contributed by atoms with Crippen LogP contribution in [0.25, 0.3) is 0 Å². The van der Waals surface area contributed by atoms with E-state index in [2.05, 4.69) is 20.7 Å². The van der Waals surface area contributed by atoms with Crippen molar-refractivity contribution in [1.29, 1.82) is 0 Å². The zero-order valence-electron chi connectivity index (χ0n) is 8.88. The zero-order valence-corrected chi connectivity index (χ0v) is 10.5. The van der Waals surface area contributed by atoms with Gasteiger partial charge in [0.25, 0.3) is 0 Å². The molecular weight excluding hydrogens is 300 g/mol. The fourth-order valence-corrected chi connectivity index (χ4v) is 1.76. The summed E-state index contributed by atoms with van der Waals surface area (Å²) in [6, 6.07) is 2.67. The first-order chi connectivity index (χ1) is 7.97. The summed E-state index contributed by atoms with van der Waals surface area (Å²) in [5.74, 6) is -0.913. The number of alkyl halides is 2. The average Bonchev–Trinajstić information content (AvgIpc) is 2.24. The molecule has 0 atom stereocenters. The Balaban J connectivity index is 3.14. The van der Waals surface area contributed by atoms with Crippen LogP contribution in [0.5, 0.6) is 5.75 Å². The SMILES string of the molecule is CCOC(=O)c1ccc(N)c(OC(F)F)c1Br. The van der Waals surface area contributed by atoms with E-state index in [4.69, 9.17) is 10.5 Å². The molecular formula is C10H10BrF2NO3. The van der Waals surface area contributed by atoms with Crippen LogP contribution in [-0.4, -0.2) is 19.2 Å². The van der Waals surface area contributed by atoms with Crippen molar-refractivity contribution in [3.8, 4) is 5.75 Å². The van der Waals surface area contributed by atoms with Gasteiger partial charge in [0.05, 0.1) is 22.3 Å². The predicted molar refractivity (Wildman–Crippen MR) is 61.1 cm³/mol. The van der Waals surface area contributed by atoms with Gasteiger partial charge < -0.3 is 15.2 Å². The molecule has 0 spiro atoms. The summed E-state index contributed by atoms with van der Waals surface area (Å²) in [4.78, 5) is 11.5. The molecule has 0 radical (unpaired) electrons. The van der Waals surface area contributed by atoms with E-state index in [1.54, 1.807) is 6.92 Å². The summed E-state index contributed by atoms with van der Waals surface area (Å²) in [6.45, 7) is -1.20. The molecule has 7 heteroatoms. The highest BCUT2D eigenvalue weighted by molar-refractivity contribution is 9.10. The highest BCUT2D eigenvalue weighted by atomic mass is 79.9. The Hall–Kier alpha value is -1.37. The minimum atomic E-state index is -3.02. The second-order valence-electron chi connectivity index (χ2n) is 2.94. The zero-order chi connectivity index (χ0) is 13.0. The first-order valence-corrected chi connectivity index (χ1v) is 5.46. The van der Waals surface area contributed by atoms with Crippen molar-refractivity contribution in [2.45, 2.75) is 13.5 Å². The third-order valence-electron chi connectivity index (χ3n) is 1.83. The molecule has 1 aromatic rings. The quantitative estimate of drug-likeness (QED) is 0.686. The maximum Gasteiger partial charge on any atom is 0.387 e. The van der Waals surface area contributed by atoms with Crippen LogP contribution in [-0.2, 0) is 4.74 Å². The fourth-order valence-electron chi connectivity index (χ4n) is 1.15. The number of nitrogen functional groups attached to an aromatic ring is 1. The van der Waals surface area contributed by atoms with Crippen molar-refractivity contribution < 1.29 is 23.0 Å². The van der Waals surface area contributed by atoms with E-state index in [9.17, 15) is 13.6 Å². The van der Waals surface area contributed by atoms with Gasteiger partial charge in [0.2, 0.25) is 0 Å². The van der Waals surface area contributed by atoms with E-state index < -0.39 is 12.6 Å². The molecule has 0 aliphatic rings. The van der Waals surface area contributed by atoms with Crippen molar-refractivity contribution in [1.82, 2.24) is 0 Å². The Kier molecular flexibility index (Phi) is 4.68. The van der Waals surface area contributed by atoms with E-state index in [0.717, 1.165) is 0 Å². The van der Waals surface area contributed by atoms with Crippen molar-refractivity contribution >= 4 is 27.6 Å². The number of nitrogens with two attached hydrogens (primary N) is 1. The van der Waals surface area contributed by atoms with E-state index in [1.807, 2.05) is 0 Å². The number of esters is 1. The van der Waals surface area contributed by atoms with Gasteiger partial charge in [0.1, 0.15) is 0 Å². The summed E-state index contributed by atoms with van der Waals surface area (Å²) in [6.07, 6.45) is 0. The lowest BCUT2D eigenvalue weighted by Gasteiger charge is -2.12. The molecule has 17 heavy (non-hydrogen) atoms. The Labute approximate surface area is 105 Å². The number of hydrogen-bond acceptors (Lipinski definition) is 4. The highest BCUT2D eigenvalue weighted by Gasteiger charge is 2.19. The molecule has 0 saturated carbocycles. The van der Waals surface area contributed by atoms with Crippen LogP contribution in [0.1, 0.15) is 17.3 Å². The maximum absolute atomic E-state index is 12.1. The standard InChI is InChI=1S/C10H10BrF2NO3/c1-2-16-9(15)5-3-4-6(14)8(7(5)11)17-10(12)13/h3-4,10H,2,14H2,1H3. The van der Waals surface area contributed by atoms with Gasteiger partial charge in [-0.05, 0) is 35.0 Å². The lowest BCUT2D eigenvalue weighted by atomic mass is 10.2. The van der Waals surface area contributed by atoms with E-state index in [0.29, 0.717) is 0 Å². The van der Waals surface area contributed by atoms with Crippen molar-refractivity contribution in [2.75, 3.05) is 12.3 Å². The molecule has 0 aliphatic heterocycles. The van der Waals surface area contributed by atoms with Gasteiger partial charge in [-0.25, -0.2) is 4.79 Å². The van der Waals surface area contributed by atoms with Crippen molar-refractivity contribution in [3.63, 3.8) is 0 Å². The largest absolute Gasteiger partial charge is 0.462 e. The molecule has 0 amide bonds. The second-order valence-corrected chi connectivity index (χ2v) is 3.74. The van der Waals surface area contributed by atoms with E-state index in [1.165, 1.54) is 12.1 Å². The van der Waals surface area contributed by atoms with Gasteiger partial charge in [-0.3, -0.25) is 0 Å². The smallest absolute Gasteiger partial charge is 0.387 e. The molecule has 0 unspecified atom stereocenters. The number of hydrogen-bond donors (Lipinski definition) is 1. The normalized spacial score (nSPS) is 10.4. The third-order valence-corrected chi connectivity index (χ3v) is 2.62. The Morgan fingerprint density at radius 1 is 1.53 bits per heavy atom. The first-order valence-electron chi connectivity index (χ1n) is 4.67. The van der Waals surface area contributed by atoms with Crippen LogP contribution < -0.4 is 10.5 Å². The van der Waals surface area contributed by atoms with E-state index >= 15 is 0 Å². The minimum absolute atomic E-state index is 0.00484. The van der Waals surface area contributed by atoms with Gasteiger partial charge in [-0.1, -0.05) is 0 Å². The topological polar surface area (TPSA) is 61.5 Å². The molecule has 0 heterocycles. The molecule has 0 aromatic heterocycles. The number of benzene rings is 1. The van der Waals surface area contributed by atoms with Gasteiger partial charge in [0, 0.05) is 0 Å². The molecule has 1 rings (SSSR count). The van der Waals surface area contributed by atoms with Crippen LogP contribution in [0.3, 0.4) is 0 Å². The molecule has 0 fully saturated rings. The van der Waals surface area contributed by atoms with Crippen LogP contribution in [0.15, 0.2) is 16.6 Å². The summed E-state index contributed by atoms with van der Waals surface area (Å²) in [7, 11) is 0. The second kappa shape index (κ2) is 5.81. The Morgan fingerprint density at radius 3 is 2.71 bits per heavy atom. The molecule has 0 saturated heterocycles. The Bertz CT molecular complexity index is 426. The molecule has 2 N–H and O–H groups in total. The molecule has 4 nitrogen and oxygen atoms in total. The molecule has 0 bridgehead atoms. The lowest BCUT2D eigenvalue weighted by Crippen LogP contribution is -2.10.